The molecule has 0 fully saturated rings. The number of rotatable bonds is 5. The number of amides is 1. The van der Waals surface area contributed by atoms with E-state index in [4.69, 9.17) is 21.1 Å². The predicted molar refractivity (Wildman–Crippen MR) is 92.4 cm³/mol. The first-order chi connectivity index (χ1) is 11.8. The number of hydrogen-bond acceptors (Lipinski definition) is 5. The van der Waals surface area contributed by atoms with E-state index in [9.17, 15) is 13.2 Å². The Morgan fingerprint density at radius 1 is 1.12 bits per heavy atom. The van der Waals surface area contributed by atoms with Crippen LogP contribution in [-0.4, -0.2) is 27.2 Å². The van der Waals surface area contributed by atoms with Gasteiger partial charge in [0.15, 0.2) is 11.5 Å². The summed E-state index contributed by atoms with van der Waals surface area (Å²) in [5.41, 5.74) is 0.479. The highest BCUT2D eigenvalue weighted by Crippen LogP contribution is 2.34. The molecule has 9 heteroatoms. The van der Waals surface area contributed by atoms with E-state index in [0.29, 0.717) is 22.2 Å². The Balaban J connectivity index is 1.67. The fourth-order valence-corrected chi connectivity index (χ4v) is 3.52. The van der Waals surface area contributed by atoms with Gasteiger partial charge in [-0.1, -0.05) is 11.6 Å². The lowest BCUT2D eigenvalue weighted by atomic mass is 10.2. The van der Waals surface area contributed by atoms with Crippen LogP contribution in [0.5, 0.6) is 11.5 Å². The van der Waals surface area contributed by atoms with Gasteiger partial charge in [0, 0.05) is 16.8 Å². The van der Waals surface area contributed by atoms with Crippen molar-refractivity contribution in [3.05, 3.63) is 47.5 Å². The molecule has 1 aliphatic rings. The molecule has 0 radical (unpaired) electrons. The number of carbonyl (C=O) groups is 1. The first-order valence-corrected chi connectivity index (χ1v) is 9.20. The molecule has 1 amide bonds. The van der Waals surface area contributed by atoms with Crippen LogP contribution in [0.25, 0.3) is 0 Å². The molecule has 1 heterocycles. The van der Waals surface area contributed by atoms with Crippen LogP contribution in [0, 0.1) is 0 Å². The van der Waals surface area contributed by atoms with Crippen LogP contribution in [-0.2, 0) is 14.8 Å². The first-order valence-electron chi connectivity index (χ1n) is 7.33. The van der Waals surface area contributed by atoms with Crippen molar-refractivity contribution in [2.45, 2.75) is 17.9 Å². The van der Waals surface area contributed by atoms with Crippen molar-refractivity contribution >= 4 is 33.2 Å². The average molecular weight is 383 g/mol. The molecule has 25 heavy (non-hydrogen) atoms. The highest BCUT2D eigenvalue weighted by atomic mass is 35.5. The molecule has 0 saturated carbocycles. The fourth-order valence-electron chi connectivity index (χ4n) is 2.19. The third-order valence-electron chi connectivity index (χ3n) is 3.49. The molecule has 2 aromatic carbocycles. The number of hydrogen-bond donors (Lipinski definition) is 2. The monoisotopic (exact) mass is 382 g/mol. The maximum atomic E-state index is 12.3. The van der Waals surface area contributed by atoms with Gasteiger partial charge in [0.05, 0.1) is 10.9 Å². The van der Waals surface area contributed by atoms with Crippen LogP contribution in [0.2, 0.25) is 5.02 Å². The molecule has 0 spiro atoms. The van der Waals surface area contributed by atoms with Gasteiger partial charge in [0.1, 0.15) is 0 Å². The predicted octanol–water partition coefficient (Wildman–Crippen LogP) is 2.37. The van der Waals surface area contributed by atoms with Gasteiger partial charge >= 0.3 is 0 Å². The van der Waals surface area contributed by atoms with Crippen LogP contribution in [0.15, 0.2) is 47.4 Å². The Morgan fingerprint density at radius 3 is 2.52 bits per heavy atom. The second-order valence-corrected chi connectivity index (χ2v) is 7.50. The fraction of sp³-hybridized carbons (Fsp3) is 0.188. The summed E-state index contributed by atoms with van der Waals surface area (Å²) in [7, 11) is -3.84. The summed E-state index contributed by atoms with van der Waals surface area (Å²) in [6, 6.07) is 9.61. The van der Waals surface area contributed by atoms with Gasteiger partial charge in [0.25, 0.3) is 0 Å². The smallest absolute Gasteiger partial charge is 0.242 e. The largest absolute Gasteiger partial charge is 0.454 e. The van der Waals surface area contributed by atoms with E-state index in [-0.39, 0.29) is 11.7 Å². The molecular formula is C16H15ClN2O5S. The quantitative estimate of drug-likeness (QED) is 0.828. The van der Waals surface area contributed by atoms with Crippen molar-refractivity contribution in [2.24, 2.45) is 0 Å². The van der Waals surface area contributed by atoms with E-state index in [1.807, 2.05) is 0 Å². The van der Waals surface area contributed by atoms with Crippen molar-refractivity contribution in [3.63, 3.8) is 0 Å². The van der Waals surface area contributed by atoms with Gasteiger partial charge in [-0.2, -0.15) is 4.72 Å². The summed E-state index contributed by atoms with van der Waals surface area (Å²) in [6.07, 6.45) is 0. The Kier molecular flexibility index (Phi) is 4.85. The van der Waals surface area contributed by atoms with E-state index < -0.39 is 22.0 Å². The van der Waals surface area contributed by atoms with E-state index in [1.165, 1.54) is 31.2 Å². The van der Waals surface area contributed by atoms with Crippen LogP contribution in [0.3, 0.4) is 0 Å². The summed E-state index contributed by atoms with van der Waals surface area (Å²) in [5.74, 6) is 0.609. The summed E-state index contributed by atoms with van der Waals surface area (Å²) in [4.78, 5) is 12.3. The number of carbonyl (C=O) groups excluding carboxylic acids is 1. The Hall–Kier alpha value is -2.29. The number of ether oxygens (including phenoxy) is 2. The molecule has 0 bridgehead atoms. The van der Waals surface area contributed by atoms with Crippen LogP contribution < -0.4 is 19.5 Å². The maximum Gasteiger partial charge on any atom is 0.242 e. The Bertz CT molecular complexity index is 899. The van der Waals surface area contributed by atoms with Crippen molar-refractivity contribution in [3.8, 4) is 11.5 Å². The van der Waals surface area contributed by atoms with Gasteiger partial charge in [-0.25, -0.2) is 8.42 Å². The van der Waals surface area contributed by atoms with Crippen molar-refractivity contribution < 1.29 is 22.7 Å². The summed E-state index contributed by atoms with van der Waals surface area (Å²) in [6.45, 7) is 1.58. The summed E-state index contributed by atoms with van der Waals surface area (Å²) in [5, 5.41) is 3.06. The molecule has 0 saturated heterocycles. The van der Waals surface area contributed by atoms with Gasteiger partial charge in [-0.15, -0.1) is 0 Å². The lowest BCUT2D eigenvalue weighted by molar-refractivity contribution is -0.117. The molecule has 7 nitrogen and oxygen atoms in total. The molecule has 1 aliphatic heterocycles. The van der Waals surface area contributed by atoms with Crippen molar-refractivity contribution in [2.75, 3.05) is 12.1 Å². The highest BCUT2D eigenvalue weighted by Gasteiger charge is 2.22. The lowest BCUT2D eigenvalue weighted by Crippen LogP contribution is -2.41. The number of sulfonamides is 1. The number of fused-ring (bicyclic) bond motifs is 1. The number of nitrogens with one attached hydrogen (secondary N) is 2. The molecule has 2 aromatic rings. The number of benzene rings is 2. The second-order valence-electron chi connectivity index (χ2n) is 5.35. The molecule has 0 unspecified atom stereocenters. The van der Waals surface area contributed by atoms with Crippen LogP contribution >= 0.6 is 11.6 Å². The molecule has 132 valence electrons. The maximum absolute atomic E-state index is 12.3. The third kappa shape index (κ3) is 4.04. The average Bonchev–Trinajstić information content (AvgIpc) is 3.02. The first kappa shape index (κ1) is 17.5. The standard InChI is InChI=1S/C16H15ClN2O5S/c1-10(19-25(21,22)13-5-2-11(17)3-6-13)16(20)18-12-4-7-14-15(8-12)24-9-23-14/h2-8,10,19H,9H2,1H3,(H,18,20)/t10-/m1/s1. The number of anilines is 1. The van der Waals surface area contributed by atoms with Gasteiger partial charge < -0.3 is 14.8 Å². The number of halogens is 1. The van der Waals surface area contributed by atoms with E-state index in [0.717, 1.165) is 0 Å². The van der Waals surface area contributed by atoms with Crippen LogP contribution in [0.4, 0.5) is 5.69 Å². The molecule has 0 aliphatic carbocycles. The Morgan fingerprint density at radius 2 is 1.80 bits per heavy atom. The minimum Gasteiger partial charge on any atom is -0.454 e. The van der Waals surface area contributed by atoms with Gasteiger partial charge in [-0.3, -0.25) is 4.79 Å². The molecule has 1 atom stereocenters. The molecule has 2 N–H and O–H groups in total. The highest BCUT2D eigenvalue weighted by molar-refractivity contribution is 7.89. The zero-order chi connectivity index (χ0) is 18.0. The van der Waals surface area contributed by atoms with E-state index in [1.54, 1.807) is 18.2 Å². The van der Waals surface area contributed by atoms with Gasteiger partial charge in [0.2, 0.25) is 22.7 Å². The third-order valence-corrected chi connectivity index (χ3v) is 5.30. The van der Waals surface area contributed by atoms with E-state index >= 15 is 0 Å². The van der Waals surface area contributed by atoms with Crippen molar-refractivity contribution in [1.82, 2.24) is 4.72 Å². The normalized spacial score (nSPS) is 14.2. The molecule has 0 aromatic heterocycles. The van der Waals surface area contributed by atoms with Crippen molar-refractivity contribution in [1.29, 1.82) is 0 Å². The minimum atomic E-state index is -3.84. The molecule has 3 rings (SSSR count). The van der Waals surface area contributed by atoms with Crippen LogP contribution in [0.1, 0.15) is 6.92 Å². The van der Waals surface area contributed by atoms with E-state index in [2.05, 4.69) is 10.0 Å². The lowest BCUT2D eigenvalue weighted by Gasteiger charge is -2.14. The zero-order valence-electron chi connectivity index (χ0n) is 13.2. The molecular weight excluding hydrogens is 368 g/mol. The minimum absolute atomic E-state index is 0.0274. The second kappa shape index (κ2) is 6.91. The topological polar surface area (TPSA) is 93.7 Å². The SMILES string of the molecule is C[C@@H](NS(=O)(=O)c1ccc(Cl)cc1)C(=O)Nc1ccc2c(c1)OCO2. The summed E-state index contributed by atoms with van der Waals surface area (Å²) >= 11 is 5.75. The van der Waals surface area contributed by atoms with Gasteiger partial charge in [-0.05, 0) is 43.3 Å². The summed E-state index contributed by atoms with van der Waals surface area (Å²) < 4.78 is 37.3. The Labute approximate surface area is 149 Å². The zero-order valence-corrected chi connectivity index (χ0v) is 14.7.